The molecule has 0 saturated carbocycles. The van der Waals surface area contributed by atoms with Crippen molar-refractivity contribution in [3.63, 3.8) is 0 Å². The molecule has 7 nitrogen and oxygen atoms in total. The van der Waals surface area contributed by atoms with E-state index in [1.165, 1.54) is 10.1 Å². The van der Waals surface area contributed by atoms with Crippen LogP contribution in [0.1, 0.15) is 43.2 Å². The molecule has 7 heteroatoms. The molecule has 1 aliphatic heterocycles. The fourth-order valence-corrected chi connectivity index (χ4v) is 3.86. The molecule has 0 bridgehead atoms. The molecule has 1 aromatic carbocycles. The van der Waals surface area contributed by atoms with E-state index in [2.05, 4.69) is 22.8 Å². The number of nitrogens with zero attached hydrogens (tertiary/aromatic N) is 2. The lowest BCUT2D eigenvalue weighted by Crippen LogP contribution is -2.36. The third-order valence-corrected chi connectivity index (χ3v) is 5.34. The maximum Gasteiger partial charge on any atom is 0.329 e. The molecule has 26 heavy (non-hydrogen) atoms. The Labute approximate surface area is 152 Å². The lowest BCUT2D eigenvalue weighted by atomic mass is 9.90. The Morgan fingerprint density at radius 1 is 1.35 bits per heavy atom. The zero-order valence-corrected chi connectivity index (χ0v) is 15.3. The highest BCUT2D eigenvalue weighted by Crippen LogP contribution is 2.29. The van der Waals surface area contributed by atoms with Gasteiger partial charge >= 0.3 is 5.69 Å². The second kappa shape index (κ2) is 7.86. The molecule has 1 aromatic heterocycles. The second-order valence-electron chi connectivity index (χ2n) is 6.86. The third kappa shape index (κ3) is 3.31. The SMILES string of the molecule is CNC(=O)C(CCC=O)n1c(=O)n(C)c2cc(C3CCNCC3)ccc21. The minimum absolute atomic E-state index is 0.230. The second-order valence-corrected chi connectivity index (χ2v) is 6.86. The van der Waals surface area contributed by atoms with Crippen molar-refractivity contribution < 1.29 is 9.59 Å². The summed E-state index contributed by atoms with van der Waals surface area (Å²) in [6.45, 7) is 2.01. The predicted octanol–water partition coefficient (Wildman–Crippen LogP) is 1.07. The average Bonchev–Trinajstić information content (AvgIpc) is 2.93. The lowest BCUT2D eigenvalue weighted by Gasteiger charge is -2.23. The third-order valence-electron chi connectivity index (χ3n) is 5.34. The number of imidazole rings is 1. The molecule has 2 aromatic rings. The number of piperidine rings is 1. The van der Waals surface area contributed by atoms with E-state index >= 15 is 0 Å². The first kappa shape index (κ1) is 18.4. The van der Waals surface area contributed by atoms with Crippen molar-refractivity contribution in [2.45, 2.75) is 37.6 Å². The molecule has 1 fully saturated rings. The summed E-state index contributed by atoms with van der Waals surface area (Å²) < 4.78 is 3.11. The molecule has 2 N–H and O–H groups in total. The zero-order valence-electron chi connectivity index (χ0n) is 15.3. The van der Waals surface area contributed by atoms with Gasteiger partial charge in [-0.2, -0.15) is 0 Å². The number of hydrogen-bond donors (Lipinski definition) is 2. The van der Waals surface area contributed by atoms with Crippen LogP contribution in [0.15, 0.2) is 23.0 Å². The number of aryl methyl sites for hydroxylation is 1. The maximum absolute atomic E-state index is 12.8. The van der Waals surface area contributed by atoms with Crippen LogP contribution in [0.4, 0.5) is 0 Å². The molecule has 1 saturated heterocycles. The Balaban J connectivity index is 2.08. The normalized spacial score (nSPS) is 16.5. The summed E-state index contributed by atoms with van der Waals surface area (Å²) in [5.41, 5.74) is 2.55. The number of benzene rings is 1. The van der Waals surface area contributed by atoms with Crippen LogP contribution in [0.2, 0.25) is 0 Å². The van der Waals surface area contributed by atoms with Crippen LogP contribution in [0.3, 0.4) is 0 Å². The lowest BCUT2D eigenvalue weighted by molar-refractivity contribution is -0.124. The van der Waals surface area contributed by atoms with Gasteiger partial charge in [0.1, 0.15) is 12.3 Å². The number of carbonyl (C=O) groups is 2. The Kier molecular flexibility index (Phi) is 5.56. The van der Waals surface area contributed by atoms with E-state index in [0.717, 1.165) is 43.3 Å². The molecular weight excluding hydrogens is 332 g/mol. The summed E-state index contributed by atoms with van der Waals surface area (Å²) in [4.78, 5) is 36.0. The number of rotatable bonds is 6. The molecule has 0 spiro atoms. The average molecular weight is 358 g/mol. The Bertz CT molecular complexity index is 862. The molecule has 1 unspecified atom stereocenters. The van der Waals surface area contributed by atoms with Gasteiger partial charge in [-0.3, -0.25) is 13.9 Å². The first-order valence-corrected chi connectivity index (χ1v) is 9.15. The van der Waals surface area contributed by atoms with Crippen molar-refractivity contribution >= 4 is 23.2 Å². The van der Waals surface area contributed by atoms with Crippen LogP contribution < -0.4 is 16.3 Å². The van der Waals surface area contributed by atoms with Crippen LogP contribution in [-0.2, 0) is 16.6 Å². The standard InChI is InChI=1S/C19H26N4O3/c1-20-18(25)16(4-3-11-24)23-15-6-5-14(13-7-9-21-10-8-13)12-17(15)22(2)19(23)26/h5-6,11-13,16,21H,3-4,7-10H2,1-2H3,(H,20,25). The number of amides is 1. The summed E-state index contributed by atoms with van der Waals surface area (Å²) in [6, 6.07) is 5.38. The van der Waals surface area contributed by atoms with Crippen LogP contribution in [0, 0.1) is 0 Å². The molecular formula is C19H26N4O3. The summed E-state index contributed by atoms with van der Waals surface area (Å²) in [5, 5.41) is 5.97. The first-order valence-electron chi connectivity index (χ1n) is 9.15. The molecule has 1 amide bonds. The predicted molar refractivity (Wildman–Crippen MR) is 100 cm³/mol. The fraction of sp³-hybridized carbons (Fsp3) is 0.526. The molecule has 2 heterocycles. The zero-order chi connectivity index (χ0) is 18.7. The van der Waals surface area contributed by atoms with E-state index < -0.39 is 6.04 Å². The molecule has 1 atom stereocenters. The van der Waals surface area contributed by atoms with Gasteiger partial charge < -0.3 is 15.4 Å². The number of carbonyl (C=O) groups excluding carboxylic acids is 2. The van der Waals surface area contributed by atoms with Gasteiger partial charge in [0, 0.05) is 20.5 Å². The van der Waals surface area contributed by atoms with Crippen molar-refractivity contribution in [3.8, 4) is 0 Å². The van der Waals surface area contributed by atoms with Gasteiger partial charge in [-0.1, -0.05) is 6.07 Å². The van der Waals surface area contributed by atoms with Crippen LogP contribution in [0.5, 0.6) is 0 Å². The van der Waals surface area contributed by atoms with E-state index in [1.54, 1.807) is 18.7 Å². The highest BCUT2D eigenvalue weighted by molar-refractivity contribution is 5.84. The van der Waals surface area contributed by atoms with Gasteiger partial charge in [0.25, 0.3) is 0 Å². The van der Waals surface area contributed by atoms with E-state index in [9.17, 15) is 14.4 Å². The number of nitrogens with one attached hydrogen (secondary N) is 2. The van der Waals surface area contributed by atoms with Crippen LogP contribution in [0.25, 0.3) is 11.0 Å². The highest BCUT2D eigenvalue weighted by atomic mass is 16.2. The topological polar surface area (TPSA) is 85.1 Å². The first-order chi connectivity index (χ1) is 12.6. The molecule has 3 rings (SSSR count). The van der Waals surface area contributed by atoms with Gasteiger partial charge in [-0.15, -0.1) is 0 Å². The number of fused-ring (bicyclic) bond motifs is 1. The van der Waals surface area contributed by atoms with Crippen LogP contribution in [-0.4, -0.2) is 41.5 Å². The largest absolute Gasteiger partial charge is 0.357 e. The van der Waals surface area contributed by atoms with Crippen molar-refractivity contribution in [2.75, 3.05) is 20.1 Å². The van der Waals surface area contributed by atoms with Crippen molar-refractivity contribution in [3.05, 3.63) is 34.2 Å². The molecule has 1 aliphatic rings. The highest BCUT2D eigenvalue weighted by Gasteiger charge is 2.25. The van der Waals surface area contributed by atoms with E-state index in [0.29, 0.717) is 12.3 Å². The van der Waals surface area contributed by atoms with Gasteiger partial charge in [0.05, 0.1) is 11.0 Å². The smallest absolute Gasteiger partial charge is 0.329 e. The van der Waals surface area contributed by atoms with Crippen molar-refractivity contribution in [1.29, 1.82) is 0 Å². The van der Waals surface area contributed by atoms with E-state index in [4.69, 9.17) is 0 Å². The van der Waals surface area contributed by atoms with E-state index in [1.807, 2.05) is 6.07 Å². The van der Waals surface area contributed by atoms with E-state index in [-0.39, 0.29) is 18.0 Å². The molecule has 0 aliphatic carbocycles. The number of aldehydes is 1. The summed E-state index contributed by atoms with van der Waals surface area (Å²) in [7, 11) is 3.27. The van der Waals surface area contributed by atoms with Crippen molar-refractivity contribution in [1.82, 2.24) is 19.8 Å². The summed E-state index contributed by atoms with van der Waals surface area (Å²) in [5.74, 6) is 0.229. The van der Waals surface area contributed by atoms with Gasteiger partial charge in [0.2, 0.25) is 5.91 Å². The monoisotopic (exact) mass is 358 g/mol. The number of hydrogen-bond acceptors (Lipinski definition) is 4. The fourth-order valence-electron chi connectivity index (χ4n) is 3.86. The number of likely N-dealkylation sites (N-methyl/N-ethyl adjacent to an activating group) is 1. The minimum atomic E-state index is -0.689. The van der Waals surface area contributed by atoms with Crippen molar-refractivity contribution in [2.24, 2.45) is 7.05 Å². The van der Waals surface area contributed by atoms with Gasteiger partial charge in [0.15, 0.2) is 0 Å². The Morgan fingerprint density at radius 3 is 2.73 bits per heavy atom. The quantitative estimate of drug-likeness (QED) is 0.757. The Hall–Kier alpha value is -2.41. The summed E-state index contributed by atoms with van der Waals surface area (Å²) in [6.07, 6.45) is 3.48. The van der Waals surface area contributed by atoms with Gasteiger partial charge in [-0.25, -0.2) is 4.79 Å². The molecule has 140 valence electrons. The maximum atomic E-state index is 12.8. The van der Waals surface area contributed by atoms with Gasteiger partial charge in [-0.05, 0) is 56.0 Å². The Morgan fingerprint density at radius 2 is 2.08 bits per heavy atom. The minimum Gasteiger partial charge on any atom is -0.357 e. The summed E-state index contributed by atoms with van der Waals surface area (Å²) >= 11 is 0. The molecule has 0 radical (unpaired) electrons. The number of aromatic nitrogens is 2. The van der Waals surface area contributed by atoms with Crippen LogP contribution >= 0.6 is 0 Å².